The van der Waals surface area contributed by atoms with E-state index < -0.39 is 37.5 Å². The number of nitrogens with two attached hydrogens (primary N) is 1. The molecule has 3 N–H and O–H groups in total. The molecule has 0 aliphatic carbocycles. The number of carbonyl (C=O) groups is 2. The van der Waals surface area contributed by atoms with Crippen LogP contribution in [0.1, 0.15) is 30.8 Å². The van der Waals surface area contributed by atoms with Gasteiger partial charge in [-0.3, -0.25) is 0 Å². The number of allylic oxidation sites excluding steroid dienone is 1. The molecule has 0 radical (unpaired) electrons. The Labute approximate surface area is 175 Å². The molecule has 0 bridgehead atoms. The summed E-state index contributed by atoms with van der Waals surface area (Å²) in [5.41, 5.74) is 6.13. The zero-order chi connectivity index (χ0) is 24.3. The number of ether oxygens (including phenoxy) is 3. The van der Waals surface area contributed by atoms with Crippen LogP contribution in [0.2, 0.25) is 5.02 Å². The van der Waals surface area contributed by atoms with Gasteiger partial charge in [0.1, 0.15) is 0 Å². The van der Waals surface area contributed by atoms with Crippen molar-refractivity contribution in [2.75, 3.05) is 33.4 Å². The van der Waals surface area contributed by atoms with E-state index in [0.717, 1.165) is 0 Å². The number of halogens is 1. The Morgan fingerprint density at radius 2 is 2.00 bits per heavy atom. The van der Waals surface area contributed by atoms with Gasteiger partial charge in [-0.1, -0.05) is 29.8 Å². The first-order valence-corrected chi connectivity index (χ1v) is 8.87. The van der Waals surface area contributed by atoms with Crippen molar-refractivity contribution in [3.05, 3.63) is 57.4 Å². The Bertz CT molecular complexity index is 960. The Kier molecular flexibility index (Phi) is 6.08. The number of dihydropyridines is 1. The van der Waals surface area contributed by atoms with Gasteiger partial charge in [0.05, 0.1) is 52.4 Å². The van der Waals surface area contributed by atoms with Crippen molar-refractivity contribution in [2.24, 2.45) is 5.73 Å². The average Bonchev–Trinajstić information content (AvgIpc) is 2.71. The number of rotatable bonds is 8. The van der Waals surface area contributed by atoms with Gasteiger partial charge >= 0.3 is 11.9 Å². The average molecular weight is 413 g/mol. The SMILES string of the molecule is [2H]C([2H])(N)C([2H])([2H])OCC1=C(C(=O)OCC)[C@H](c2ccccc2Cl)C(C(=O)OC)=C(C)N1. The van der Waals surface area contributed by atoms with Gasteiger partial charge in [0.25, 0.3) is 0 Å². The van der Waals surface area contributed by atoms with Crippen LogP contribution in [0.15, 0.2) is 46.8 Å². The first kappa shape index (κ1) is 16.6. The summed E-state index contributed by atoms with van der Waals surface area (Å²) in [4.78, 5) is 25.7. The number of methoxy groups -OCH3 is 1. The normalized spacial score (nSPS) is 19.8. The standard InChI is InChI=1S/C20H25ClN2O5/c1-4-28-20(25)18-15(11-27-10-9-22)23-12(2)16(19(24)26-3)17(18)13-7-5-6-8-14(13)21/h5-8,17,23H,4,9-11,22H2,1-3H3/t17-/m1/s1/i9D2,10D2. The molecule has 1 heterocycles. The van der Waals surface area contributed by atoms with Crippen LogP contribution in [-0.4, -0.2) is 45.3 Å². The second-order valence-electron chi connectivity index (χ2n) is 5.76. The van der Waals surface area contributed by atoms with Crippen molar-refractivity contribution in [2.45, 2.75) is 19.8 Å². The number of carbonyl (C=O) groups excluding carboxylic acids is 2. The van der Waals surface area contributed by atoms with E-state index in [0.29, 0.717) is 11.3 Å². The highest BCUT2D eigenvalue weighted by molar-refractivity contribution is 6.31. The quantitative estimate of drug-likeness (QED) is 0.631. The molecule has 0 saturated carbocycles. The number of esters is 2. The lowest BCUT2D eigenvalue weighted by Crippen LogP contribution is -2.35. The van der Waals surface area contributed by atoms with E-state index in [4.69, 9.17) is 37.0 Å². The van der Waals surface area contributed by atoms with Crippen LogP contribution in [0.25, 0.3) is 0 Å². The highest BCUT2D eigenvalue weighted by Gasteiger charge is 2.39. The van der Waals surface area contributed by atoms with Crippen LogP contribution in [0.5, 0.6) is 0 Å². The number of benzene rings is 1. The topological polar surface area (TPSA) is 99.9 Å². The van der Waals surface area contributed by atoms with Crippen molar-refractivity contribution in [1.82, 2.24) is 5.32 Å². The summed E-state index contributed by atoms with van der Waals surface area (Å²) in [7, 11) is 1.20. The van der Waals surface area contributed by atoms with Gasteiger partial charge in [-0.15, -0.1) is 0 Å². The molecule has 0 amide bonds. The number of hydrogen-bond acceptors (Lipinski definition) is 7. The summed E-state index contributed by atoms with van der Waals surface area (Å²) in [5, 5.41) is 3.16. The van der Waals surface area contributed by atoms with Crippen molar-refractivity contribution in [3.8, 4) is 0 Å². The van der Waals surface area contributed by atoms with Crippen LogP contribution in [0.4, 0.5) is 0 Å². The van der Waals surface area contributed by atoms with E-state index in [1.807, 2.05) is 0 Å². The molecule has 0 fully saturated rings. The summed E-state index contributed by atoms with van der Waals surface area (Å²) < 4.78 is 45.6. The maximum atomic E-state index is 13.0. The lowest BCUT2D eigenvalue weighted by atomic mass is 9.80. The Morgan fingerprint density at radius 1 is 1.29 bits per heavy atom. The Hall–Kier alpha value is -2.35. The van der Waals surface area contributed by atoms with Gasteiger partial charge < -0.3 is 25.3 Å². The fraction of sp³-hybridized carbons (Fsp3) is 0.400. The van der Waals surface area contributed by atoms with E-state index in [2.05, 4.69) is 5.32 Å². The summed E-state index contributed by atoms with van der Waals surface area (Å²) in [6.07, 6.45) is 0. The first-order valence-electron chi connectivity index (χ1n) is 10.5. The largest absolute Gasteiger partial charge is 0.466 e. The minimum absolute atomic E-state index is 0.0359. The van der Waals surface area contributed by atoms with Crippen molar-refractivity contribution >= 4 is 23.5 Å². The lowest BCUT2D eigenvalue weighted by molar-refractivity contribution is -0.139. The van der Waals surface area contributed by atoms with Crippen molar-refractivity contribution in [1.29, 1.82) is 0 Å². The van der Waals surface area contributed by atoms with Gasteiger partial charge in [-0.05, 0) is 25.5 Å². The predicted octanol–water partition coefficient (Wildman–Crippen LogP) is 2.27. The van der Waals surface area contributed by atoms with Crippen molar-refractivity contribution in [3.63, 3.8) is 0 Å². The molecule has 1 aromatic carbocycles. The highest BCUT2D eigenvalue weighted by Crippen LogP contribution is 2.41. The molecule has 152 valence electrons. The maximum Gasteiger partial charge on any atom is 0.336 e. The van der Waals surface area contributed by atoms with Crippen LogP contribution in [0, 0.1) is 0 Å². The summed E-state index contributed by atoms with van der Waals surface area (Å²) >= 11 is 6.40. The van der Waals surface area contributed by atoms with E-state index >= 15 is 0 Å². The predicted molar refractivity (Wildman–Crippen MR) is 106 cm³/mol. The third kappa shape index (κ3) is 4.73. The number of nitrogens with one attached hydrogen (secondary N) is 1. The number of hydrogen-bond donors (Lipinski definition) is 2. The van der Waals surface area contributed by atoms with Gasteiger partial charge in [-0.25, -0.2) is 9.59 Å². The summed E-state index contributed by atoms with van der Waals surface area (Å²) in [6, 6.07) is 6.62. The minimum Gasteiger partial charge on any atom is -0.466 e. The van der Waals surface area contributed by atoms with E-state index in [1.165, 1.54) is 7.11 Å². The highest BCUT2D eigenvalue weighted by atomic mass is 35.5. The maximum absolute atomic E-state index is 13.0. The molecule has 0 unspecified atom stereocenters. The third-order valence-corrected chi connectivity index (χ3v) is 4.45. The molecule has 1 aliphatic heterocycles. The summed E-state index contributed by atoms with van der Waals surface area (Å²) in [5.74, 6) is -2.49. The molecule has 7 nitrogen and oxygen atoms in total. The van der Waals surface area contributed by atoms with Crippen LogP contribution in [0.3, 0.4) is 0 Å². The van der Waals surface area contributed by atoms with E-state index in [-0.39, 0.29) is 28.5 Å². The lowest BCUT2D eigenvalue weighted by Gasteiger charge is -2.31. The molecule has 8 heteroatoms. The summed E-state index contributed by atoms with van der Waals surface area (Å²) in [6.45, 7) is -3.02. The zero-order valence-corrected chi connectivity index (χ0v) is 16.6. The minimum atomic E-state index is -2.87. The Morgan fingerprint density at radius 3 is 2.61 bits per heavy atom. The molecule has 0 aromatic heterocycles. The third-order valence-electron chi connectivity index (χ3n) is 4.11. The molecule has 0 spiro atoms. The Balaban J connectivity index is 2.69. The molecule has 28 heavy (non-hydrogen) atoms. The smallest absolute Gasteiger partial charge is 0.336 e. The molecular formula is C20H25ClN2O5. The van der Waals surface area contributed by atoms with Crippen LogP contribution >= 0.6 is 11.6 Å². The van der Waals surface area contributed by atoms with Gasteiger partial charge in [0.2, 0.25) is 0 Å². The molecule has 0 saturated heterocycles. The molecule has 1 atom stereocenters. The van der Waals surface area contributed by atoms with Crippen molar-refractivity contribution < 1.29 is 29.3 Å². The van der Waals surface area contributed by atoms with Gasteiger partial charge in [0, 0.05) is 20.0 Å². The fourth-order valence-electron chi connectivity index (χ4n) is 3.01. The van der Waals surface area contributed by atoms with E-state index in [9.17, 15) is 9.59 Å². The van der Waals surface area contributed by atoms with Gasteiger partial charge in [0.15, 0.2) is 0 Å². The molecular weight excluding hydrogens is 384 g/mol. The second-order valence-corrected chi connectivity index (χ2v) is 6.16. The zero-order valence-electron chi connectivity index (χ0n) is 19.8. The van der Waals surface area contributed by atoms with Crippen LogP contribution in [-0.2, 0) is 23.8 Å². The monoisotopic (exact) mass is 412 g/mol. The molecule has 1 aromatic rings. The second kappa shape index (κ2) is 10.3. The first-order chi connectivity index (χ1) is 14.9. The van der Waals surface area contributed by atoms with E-state index in [1.54, 1.807) is 38.1 Å². The van der Waals surface area contributed by atoms with Gasteiger partial charge in [-0.2, -0.15) is 0 Å². The fourth-order valence-corrected chi connectivity index (χ4v) is 3.26. The molecule has 2 rings (SSSR count). The van der Waals surface area contributed by atoms with Crippen LogP contribution < -0.4 is 11.1 Å². The molecule has 1 aliphatic rings.